The van der Waals surface area contributed by atoms with E-state index in [4.69, 9.17) is 19.6 Å². The van der Waals surface area contributed by atoms with Gasteiger partial charge in [-0.15, -0.1) is 0 Å². The van der Waals surface area contributed by atoms with Gasteiger partial charge in [0.2, 0.25) is 7.98 Å². The maximum absolute atomic E-state index is 5.68. The molecular formula is C6H5BClN. The standard InChI is InChI=1S/C6H5BClN/c7-9-6-4-2-1-3-5(6)8/h1-4,9H. The summed E-state index contributed by atoms with van der Waals surface area (Å²) in [5, 5.41) is 3.10. The van der Waals surface area contributed by atoms with Crippen LogP contribution in [0.2, 0.25) is 5.02 Å². The lowest BCUT2D eigenvalue weighted by Crippen LogP contribution is -1.89. The zero-order valence-corrected chi connectivity index (χ0v) is 5.52. The van der Waals surface area contributed by atoms with Gasteiger partial charge >= 0.3 is 0 Å². The molecule has 1 nitrogen and oxygen atoms in total. The smallest absolute Gasteiger partial charge is 0.222 e. The Balaban J connectivity index is 3.01. The highest BCUT2D eigenvalue weighted by Crippen LogP contribution is 2.18. The van der Waals surface area contributed by atoms with Gasteiger partial charge in [0, 0.05) is 5.69 Å². The number of rotatable bonds is 1. The highest BCUT2D eigenvalue weighted by atomic mass is 35.5. The SMILES string of the molecule is [B]Nc1ccccc1Cl. The largest absolute Gasteiger partial charge is 0.436 e. The Bertz CT molecular complexity index is 202. The predicted molar refractivity (Wildman–Crippen MR) is 40.8 cm³/mol. The Morgan fingerprint density at radius 1 is 1.33 bits per heavy atom. The minimum Gasteiger partial charge on any atom is -0.436 e. The normalized spacial score (nSPS) is 9.00. The molecule has 0 aliphatic rings. The van der Waals surface area contributed by atoms with E-state index >= 15 is 0 Å². The molecule has 0 amide bonds. The first-order chi connectivity index (χ1) is 4.34. The number of halogens is 1. The van der Waals surface area contributed by atoms with Gasteiger partial charge < -0.3 is 5.23 Å². The van der Waals surface area contributed by atoms with Gasteiger partial charge in [0.25, 0.3) is 0 Å². The highest BCUT2D eigenvalue weighted by Gasteiger charge is 1.90. The Kier molecular flexibility index (Phi) is 2.01. The summed E-state index contributed by atoms with van der Waals surface area (Å²) in [6, 6.07) is 7.29. The second-order valence-corrected chi connectivity index (χ2v) is 2.03. The minimum absolute atomic E-state index is 0.639. The van der Waals surface area contributed by atoms with Crippen LogP contribution in [-0.4, -0.2) is 7.98 Å². The van der Waals surface area contributed by atoms with Crippen molar-refractivity contribution in [2.75, 3.05) is 5.23 Å². The number of anilines is 1. The van der Waals surface area contributed by atoms with Gasteiger partial charge in [-0.1, -0.05) is 23.7 Å². The van der Waals surface area contributed by atoms with Crippen LogP contribution in [0.4, 0.5) is 5.69 Å². The maximum atomic E-state index is 5.68. The van der Waals surface area contributed by atoms with Crippen molar-refractivity contribution < 1.29 is 0 Å². The molecule has 0 saturated heterocycles. The first-order valence-corrected chi connectivity index (χ1v) is 2.93. The number of hydrogen-bond donors (Lipinski definition) is 1. The molecule has 0 fully saturated rings. The minimum atomic E-state index is 0.639. The number of para-hydroxylation sites is 1. The van der Waals surface area contributed by atoms with E-state index in [-0.39, 0.29) is 0 Å². The van der Waals surface area contributed by atoms with Crippen LogP contribution in [0.15, 0.2) is 24.3 Å². The fourth-order valence-electron chi connectivity index (χ4n) is 0.578. The topological polar surface area (TPSA) is 12.0 Å². The molecule has 2 radical (unpaired) electrons. The molecule has 1 aromatic carbocycles. The second kappa shape index (κ2) is 2.78. The summed E-state index contributed by atoms with van der Waals surface area (Å²) in [5.41, 5.74) is 0.749. The summed E-state index contributed by atoms with van der Waals surface area (Å²) in [5.74, 6) is 0. The second-order valence-electron chi connectivity index (χ2n) is 1.62. The van der Waals surface area contributed by atoms with Crippen molar-refractivity contribution in [3.63, 3.8) is 0 Å². The third-order valence-corrected chi connectivity index (χ3v) is 1.36. The molecule has 1 aromatic rings. The molecule has 0 spiro atoms. The fourth-order valence-corrected chi connectivity index (χ4v) is 0.769. The maximum Gasteiger partial charge on any atom is 0.222 e. The average Bonchev–Trinajstić information content (AvgIpc) is 1.89. The molecule has 44 valence electrons. The Hall–Kier alpha value is -0.625. The Labute approximate surface area is 60.5 Å². The van der Waals surface area contributed by atoms with Gasteiger partial charge in [-0.3, -0.25) is 0 Å². The Morgan fingerprint density at radius 2 is 2.00 bits per heavy atom. The summed E-state index contributed by atoms with van der Waals surface area (Å²) >= 11 is 5.68. The van der Waals surface area contributed by atoms with Crippen molar-refractivity contribution in [1.82, 2.24) is 0 Å². The van der Waals surface area contributed by atoms with E-state index in [0.29, 0.717) is 5.02 Å². The van der Waals surface area contributed by atoms with E-state index in [1.54, 1.807) is 6.07 Å². The molecule has 0 atom stereocenters. The van der Waals surface area contributed by atoms with E-state index in [0.717, 1.165) is 5.69 Å². The Morgan fingerprint density at radius 3 is 2.44 bits per heavy atom. The summed E-state index contributed by atoms with van der Waals surface area (Å²) in [4.78, 5) is 0. The molecule has 0 aromatic heterocycles. The van der Waals surface area contributed by atoms with Gasteiger partial charge in [0.15, 0.2) is 0 Å². The molecule has 0 saturated carbocycles. The van der Waals surface area contributed by atoms with Crippen LogP contribution >= 0.6 is 11.6 Å². The molecular weight excluding hydrogens is 132 g/mol. The molecule has 9 heavy (non-hydrogen) atoms. The van der Waals surface area contributed by atoms with Crippen LogP contribution in [0.25, 0.3) is 0 Å². The lowest BCUT2D eigenvalue weighted by Gasteiger charge is -1.99. The zero-order valence-electron chi connectivity index (χ0n) is 4.76. The predicted octanol–water partition coefficient (Wildman–Crippen LogP) is 1.84. The van der Waals surface area contributed by atoms with Crippen LogP contribution in [0, 0.1) is 0 Å². The molecule has 0 heterocycles. The van der Waals surface area contributed by atoms with Gasteiger partial charge in [0.1, 0.15) is 0 Å². The summed E-state index contributed by atoms with van der Waals surface area (Å²) in [6.45, 7) is 0. The van der Waals surface area contributed by atoms with E-state index in [9.17, 15) is 0 Å². The monoisotopic (exact) mass is 137 g/mol. The van der Waals surface area contributed by atoms with Gasteiger partial charge in [-0.25, -0.2) is 0 Å². The first-order valence-electron chi connectivity index (χ1n) is 2.56. The van der Waals surface area contributed by atoms with Gasteiger partial charge in [-0.2, -0.15) is 0 Å². The average molecular weight is 137 g/mol. The van der Waals surface area contributed by atoms with Crippen molar-refractivity contribution in [3.05, 3.63) is 29.3 Å². The van der Waals surface area contributed by atoms with E-state index < -0.39 is 0 Å². The van der Waals surface area contributed by atoms with Crippen molar-refractivity contribution >= 4 is 25.3 Å². The zero-order chi connectivity index (χ0) is 6.69. The lowest BCUT2D eigenvalue weighted by molar-refractivity contribution is 1.67. The third-order valence-electron chi connectivity index (χ3n) is 1.03. The molecule has 3 heteroatoms. The van der Waals surface area contributed by atoms with E-state index in [1.807, 2.05) is 18.2 Å². The molecule has 0 aliphatic carbocycles. The van der Waals surface area contributed by atoms with Crippen LogP contribution in [0.3, 0.4) is 0 Å². The van der Waals surface area contributed by atoms with Crippen molar-refractivity contribution in [2.24, 2.45) is 0 Å². The van der Waals surface area contributed by atoms with Crippen molar-refractivity contribution in [3.8, 4) is 0 Å². The highest BCUT2D eigenvalue weighted by molar-refractivity contribution is 6.34. The van der Waals surface area contributed by atoms with Crippen molar-refractivity contribution in [2.45, 2.75) is 0 Å². The summed E-state index contributed by atoms with van der Waals surface area (Å²) in [6.07, 6.45) is 0. The quantitative estimate of drug-likeness (QED) is 0.582. The van der Waals surface area contributed by atoms with Crippen molar-refractivity contribution in [1.29, 1.82) is 0 Å². The molecule has 0 bridgehead atoms. The van der Waals surface area contributed by atoms with Crippen LogP contribution in [-0.2, 0) is 0 Å². The molecule has 0 aliphatic heterocycles. The summed E-state index contributed by atoms with van der Waals surface area (Å²) < 4.78 is 0. The number of hydrogen-bond acceptors (Lipinski definition) is 1. The van der Waals surface area contributed by atoms with Crippen LogP contribution < -0.4 is 5.23 Å². The van der Waals surface area contributed by atoms with Gasteiger partial charge in [0.05, 0.1) is 5.02 Å². The first kappa shape index (κ1) is 6.49. The number of benzene rings is 1. The van der Waals surface area contributed by atoms with Crippen LogP contribution in [0.5, 0.6) is 0 Å². The van der Waals surface area contributed by atoms with Gasteiger partial charge in [-0.05, 0) is 12.1 Å². The number of nitrogens with one attached hydrogen (secondary N) is 1. The molecule has 0 unspecified atom stereocenters. The van der Waals surface area contributed by atoms with E-state index in [1.165, 1.54) is 0 Å². The molecule has 1 rings (SSSR count). The lowest BCUT2D eigenvalue weighted by atomic mass is 10.3. The third kappa shape index (κ3) is 1.39. The molecule has 1 N–H and O–H groups in total. The van der Waals surface area contributed by atoms with E-state index in [2.05, 4.69) is 5.23 Å². The summed E-state index contributed by atoms with van der Waals surface area (Å²) in [7, 11) is 5.12. The fraction of sp³-hybridized carbons (Fsp3) is 0. The van der Waals surface area contributed by atoms with Crippen LogP contribution in [0.1, 0.15) is 0 Å².